The Kier molecular flexibility index (Phi) is 7.62. The van der Waals surface area contributed by atoms with Crippen LogP contribution in [0.5, 0.6) is 0 Å². The summed E-state index contributed by atoms with van der Waals surface area (Å²) < 4.78 is 32.4. The molecule has 0 aromatic heterocycles. The first-order valence-electron chi connectivity index (χ1n) is 7.01. The fraction of sp³-hybridized carbons (Fsp3) is 0.571. The van der Waals surface area contributed by atoms with Gasteiger partial charge in [0.05, 0.1) is 11.0 Å². The fourth-order valence-electron chi connectivity index (χ4n) is 1.77. The van der Waals surface area contributed by atoms with Crippen LogP contribution in [-0.4, -0.2) is 34.2 Å². The summed E-state index contributed by atoms with van der Waals surface area (Å²) in [4.78, 5) is 0.212. The van der Waals surface area contributed by atoms with Crippen molar-refractivity contribution in [1.82, 2.24) is 10.0 Å². The van der Waals surface area contributed by atoms with E-state index in [1.54, 1.807) is 12.1 Å². The first kappa shape index (κ1) is 18.4. The summed E-state index contributed by atoms with van der Waals surface area (Å²) in [5.74, 6) is 0. The van der Waals surface area contributed by atoms with Crippen molar-refractivity contribution in [2.75, 3.05) is 19.7 Å². The van der Waals surface area contributed by atoms with Gasteiger partial charge in [-0.2, -0.15) is 0 Å². The van der Waals surface area contributed by atoms with E-state index in [2.05, 4.69) is 10.0 Å². The first-order chi connectivity index (χ1) is 9.90. The average molecular weight is 335 g/mol. The van der Waals surface area contributed by atoms with Gasteiger partial charge in [-0.1, -0.05) is 18.5 Å². The van der Waals surface area contributed by atoms with E-state index in [0.29, 0.717) is 18.2 Å². The largest absolute Gasteiger partial charge is 0.377 e. The van der Waals surface area contributed by atoms with Gasteiger partial charge in [-0.25, -0.2) is 13.1 Å². The highest BCUT2D eigenvalue weighted by Crippen LogP contribution is 2.20. The van der Waals surface area contributed by atoms with Crippen molar-refractivity contribution in [3.63, 3.8) is 0 Å². The maximum absolute atomic E-state index is 12.2. The molecule has 0 spiro atoms. The van der Waals surface area contributed by atoms with E-state index in [-0.39, 0.29) is 17.5 Å². The minimum absolute atomic E-state index is 0.168. The van der Waals surface area contributed by atoms with Crippen molar-refractivity contribution in [2.45, 2.75) is 38.3 Å². The molecule has 1 aromatic rings. The van der Waals surface area contributed by atoms with E-state index in [1.807, 2.05) is 20.8 Å². The topological polar surface area (TPSA) is 67.4 Å². The Labute approximate surface area is 132 Å². The van der Waals surface area contributed by atoms with Gasteiger partial charge >= 0.3 is 0 Å². The van der Waals surface area contributed by atoms with Gasteiger partial charge < -0.3 is 10.1 Å². The molecule has 0 fully saturated rings. The smallest absolute Gasteiger partial charge is 0.240 e. The Morgan fingerprint density at radius 1 is 1.33 bits per heavy atom. The normalized spacial score (nSPS) is 13.3. The number of hydrogen-bond acceptors (Lipinski definition) is 4. The van der Waals surface area contributed by atoms with Crippen LogP contribution in [-0.2, 0) is 21.3 Å². The van der Waals surface area contributed by atoms with E-state index in [9.17, 15) is 8.42 Å². The molecular weight excluding hydrogens is 312 g/mol. The highest BCUT2D eigenvalue weighted by molar-refractivity contribution is 7.89. The molecule has 0 saturated carbocycles. The molecule has 2 N–H and O–H groups in total. The summed E-state index contributed by atoms with van der Waals surface area (Å²) in [6, 6.07) is 4.71. The van der Waals surface area contributed by atoms with E-state index in [4.69, 9.17) is 16.3 Å². The SMILES string of the molecule is CCNCc1cc(S(=O)(=O)NCC(C)OCC)ccc1Cl. The van der Waals surface area contributed by atoms with Crippen LogP contribution < -0.4 is 10.0 Å². The van der Waals surface area contributed by atoms with E-state index in [1.165, 1.54) is 6.07 Å². The molecule has 0 bridgehead atoms. The summed E-state index contributed by atoms with van der Waals surface area (Å²) in [5, 5.41) is 3.68. The molecule has 1 rings (SSSR count). The lowest BCUT2D eigenvalue weighted by Crippen LogP contribution is -2.32. The molecule has 21 heavy (non-hydrogen) atoms. The van der Waals surface area contributed by atoms with Crippen LogP contribution in [0.15, 0.2) is 23.1 Å². The zero-order valence-electron chi connectivity index (χ0n) is 12.6. The van der Waals surface area contributed by atoms with Crippen molar-refractivity contribution < 1.29 is 13.2 Å². The van der Waals surface area contributed by atoms with Crippen molar-refractivity contribution in [1.29, 1.82) is 0 Å². The highest BCUT2D eigenvalue weighted by Gasteiger charge is 2.16. The van der Waals surface area contributed by atoms with Gasteiger partial charge in [0.1, 0.15) is 0 Å². The Bertz CT molecular complexity index is 549. The lowest BCUT2D eigenvalue weighted by molar-refractivity contribution is 0.0799. The van der Waals surface area contributed by atoms with Crippen molar-refractivity contribution >= 4 is 21.6 Å². The van der Waals surface area contributed by atoms with Gasteiger partial charge in [-0.15, -0.1) is 0 Å². The number of ether oxygens (including phenoxy) is 1. The zero-order valence-corrected chi connectivity index (χ0v) is 14.2. The number of halogens is 1. The van der Waals surface area contributed by atoms with Crippen LogP contribution in [0.4, 0.5) is 0 Å². The fourth-order valence-corrected chi connectivity index (χ4v) is 3.12. The number of nitrogens with one attached hydrogen (secondary N) is 2. The van der Waals surface area contributed by atoms with Crippen molar-refractivity contribution in [3.05, 3.63) is 28.8 Å². The predicted molar refractivity (Wildman–Crippen MR) is 85.1 cm³/mol. The van der Waals surface area contributed by atoms with Crippen LogP contribution in [0.1, 0.15) is 26.3 Å². The maximum Gasteiger partial charge on any atom is 0.240 e. The minimum Gasteiger partial charge on any atom is -0.377 e. The van der Waals surface area contributed by atoms with Gasteiger partial charge in [0.2, 0.25) is 10.0 Å². The number of benzene rings is 1. The van der Waals surface area contributed by atoms with E-state index in [0.717, 1.165) is 12.1 Å². The van der Waals surface area contributed by atoms with Gasteiger partial charge in [-0.05, 0) is 44.2 Å². The van der Waals surface area contributed by atoms with Gasteiger partial charge in [0, 0.05) is 24.7 Å². The standard InChI is InChI=1S/C14H23ClN2O3S/c1-4-16-10-12-8-13(6-7-14(12)15)21(18,19)17-9-11(3)20-5-2/h6-8,11,16-17H,4-5,9-10H2,1-3H3. The van der Waals surface area contributed by atoms with Crippen LogP contribution in [0.2, 0.25) is 5.02 Å². The van der Waals surface area contributed by atoms with E-state index < -0.39 is 10.0 Å². The molecule has 1 unspecified atom stereocenters. The molecule has 0 heterocycles. The van der Waals surface area contributed by atoms with Crippen molar-refractivity contribution in [3.8, 4) is 0 Å². The molecule has 7 heteroatoms. The second kappa shape index (κ2) is 8.70. The van der Waals surface area contributed by atoms with Crippen LogP contribution in [0, 0.1) is 0 Å². The predicted octanol–water partition coefficient (Wildman–Crippen LogP) is 2.15. The summed E-state index contributed by atoms with van der Waals surface area (Å²) in [5.41, 5.74) is 0.763. The molecule has 1 aromatic carbocycles. The Balaban J connectivity index is 2.83. The lowest BCUT2D eigenvalue weighted by Gasteiger charge is -2.14. The third kappa shape index (κ3) is 5.92. The third-order valence-electron chi connectivity index (χ3n) is 2.90. The van der Waals surface area contributed by atoms with Crippen LogP contribution >= 0.6 is 11.6 Å². The van der Waals surface area contributed by atoms with Gasteiger partial charge in [0.25, 0.3) is 0 Å². The van der Waals surface area contributed by atoms with Crippen LogP contribution in [0.3, 0.4) is 0 Å². The summed E-state index contributed by atoms with van der Waals surface area (Å²) in [6.45, 7) is 7.79. The molecular formula is C14H23ClN2O3S. The third-order valence-corrected chi connectivity index (χ3v) is 4.69. The average Bonchev–Trinajstić information content (AvgIpc) is 2.44. The molecule has 1 atom stereocenters. The molecule has 0 aliphatic carbocycles. The van der Waals surface area contributed by atoms with Gasteiger partial charge in [-0.3, -0.25) is 0 Å². The summed E-state index contributed by atoms with van der Waals surface area (Å²) >= 11 is 6.08. The Morgan fingerprint density at radius 3 is 2.67 bits per heavy atom. The zero-order chi connectivity index (χ0) is 15.9. The first-order valence-corrected chi connectivity index (χ1v) is 8.87. The lowest BCUT2D eigenvalue weighted by atomic mass is 10.2. The molecule has 0 aliphatic rings. The number of rotatable bonds is 9. The molecule has 0 amide bonds. The molecule has 0 aliphatic heterocycles. The quantitative estimate of drug-likeness (QED) is 0.726. The second-order valence-electron chi connectivity index (χ2n) is 4.65. The molecule has 5 nitrogen and oxygen atoms in total. The highest BCUT2D eigenvalue weighted by atomic mass is 35.5. The summed E-state index contributed by atoms with van der Waals surface area (Å²) in [6.07, 6.45) is -0.168. The Hall–Kier alpha value is -0.660. The van der Waals surface area contributed by atoms with Crippen molar-refractivity contribution in [2.24, 2.45) is 0 Å². The number of sulfonamides is 1. The number of hydrogen-bond donors (Lipinski definition) is 2. The minimum atomic E-state index is -3.55. The Morgan fingerprint density at radius 2 is 2.05 bits per heavy atom. The molecule has 120 valence electrons. The van der Waals surface area contributed by atoms with Gasteiger partial charge in [0.15, 0.2) is 0 Å². The second-order valence-corrected chi connectivity index (χ2v) is 6.83. The van der Waals surface area contributed by atoms with Crippen LogP contribution in [0.25, 0.3) is 0 Å². The maximum atomic E-state index is 12.2. The summed E-state index contributed by atoms with van der Waals surface area (Å²) in [7, 11) is -3.55. The molecule has 0 saturated heterocycles. The molecule has 0 radical (unpaired) electrons. The van der Waals surface area contributed by atoms with E-state index >= 15 is 0 Å². The monoisotopic (exact) mass is 334 g/mol.